The molecule has 6 nitrogen and oxygen atoms in total. The van der Waals surface area contributed by atoms with Gasteiger partial charge in [-0.3, -0.25) is 0 Å². The van der Waals surface area contributed by atoms with Crippen molar-refractivity contribution in [2.75, 3.05) is 9.80 Å². The van der Waals surface area contributed by atoms with Gasteiger partial charge in [0.2, 0.25) is 0 Å². The van der Waals surface area contributed by atoms with Crippen molar-refractivity contribution in [1.29, 1.82) is 0 Å². The van der Waals surface area contributed by atoms with E-state index in [-0.39, 0.29) is 26.5 Å². The second kappa shape index (κ2) is 13.6. The fraction of sp³-hybridized carbons (Fsp3) is 0.146. The van der Waals surface area contributed by atoms with Crippen molar-refractivity contribution in [2.45, 2.75) is 47.0 Å². The van der Waals surface area contributed by atoms with Crippen molar-refractivity contribution >= 4 is 76.2 Å². The maximum Gasteiger partial charge on any atom is 0.135 e. The molecule has 9 aromatic rings. The molecule has 1 aliphatic heterocycles. The second-order valence-corrected chi connectivity index (χ2v) is 16.5. The third kappa shape index (κ3) is 5.88. The number of aromatic nitrogens is 3. The maximum atomic E-state index is 6.80. The second-order valence-electron chi connectivity index (χ2n) is 15.5. The molecular weight excluding hydrogens is 890 g/mol. The summed E-state index contributed by atoms with van der Waals surface area (Å²) in [6.07, 6.45) is 3.76. The molecule has 4 aromatic heterocycles. The molecule has 8 heteroatoms. The Morgan fingerprint density at radius 1 is 0.696 bits per heavy atom. The van der Waals surface area contributed by atoms with Gasteiger partial charge in [0, 0.05) is 60.9 Å². The van der Waals surface area contributed by atoms with E-state index in [2.05, 4.69) is 166 Å². The summed E-state index contributed by atoms with van der Waals surface area (Å²) in [7, 11) is 0. The van der Waals surface area contributed by atoms with Crippen molar-refractivity contribution in [3.8, 4) is 17.3 Å². The number of fused-ring (bicyclic) bond motifs is 7. The predicted octanol–water partition coefficient (Wildman–Crippen LogP) is 13.0. The molecule has 5 heterocycles. The van der Waals surface area contributed by atoms with Gasteiger partial charge in [-0.2, -0.15) is 17.4 Å². The van der Waals surface area contributed by atoms with Crippen LogP contribution in [0.15, 0.2) is 116 Å². The third-order valence-electron chi connectivity index (χ3n) is 10.6. The van der Waals surface area contributed by atoms with Crippen LogP contribution in [0.2, 0.25) is 0 Å². The van der Waals surface area contributed by atoms with E-state index < -0.39 is 0 Å². The zero-order valence-corrected chi connectivity index (χ0v) is 35.0. The molecule has 0 aliphatic carbocycles. The molecule has 0 radical (unpaired) electrons. The average molecular weight is 928 g/mol. The summed E-state index contributed by atoms with van der Waals surface area (Å²) in [6.45, 7) is 15.3. The minimum atomic E-state index is -0.0224. The van der Waals surface area contributed by atoms with E-state index in [0.29, 0.717) is 11.5 Å². The van der Waals surface area contributed by atoms with E-state index in [1.807, 2.05) is 24.5 Å². The molecule has 280 valence electrons. The van der Waals surface area contributed by atoms with Gasteiger partial charge in [-0.25, -0.2) is 9.97 Å². The Morgan fingerprint density at radius 2 is 1.46 bits per heavy atom. The Balaban J connectivity index is 0.00000410. The van der Waals surface area contributed by atoms with Crippen molar-refractivity contribution in [3.05, 3.63) is 157 Å². The number of nitrogens with zero attached hydrogens (tertiary/aromatic N) is 5. The van der Waals surface area contributed by atoms with Crippen LogP contribution in [0.1, 0.15) is 43.0 Å². The van der Waals surface area contributed by atoms with Crippen molar-refractivity contribution < 1.29 is 25.8 Å². The van der Waals surface area contributed by atoms with Crippen molar-refractivity contribution in [3.63, 3.8) is 0 Å². The van der Waals surface area contributed by atoms with E-state index >= 15 is 0 Å². The molecule has 1 aliphatic rings. The topological polar surface area (TPSA) is 46.4 Å². The van der Waals surface area contributed by atoms with E-state index in [1.165, 1.54) is 32.3 Å². The molecule has 5 aromatic carbocycles. The summed E-state index contributed by atoms with van der Waals surface area (Å²) < 4.78 is 11.3. The maximum absolute atomic E-state index is 6.80. The molecule has 0 bridgehead atoms. The monoisotopic (exact) mass is 927 g/mol. The van der Waals surface area contributed by atoms with Crippen LogP contribution in [0.4, 0.5) is 22.9 Å². The number of hydrogen-bond acceptors (Lipinski definition) is 6. The minimum Gasteiger partial charge on any atom is -0.509 e. The number of para-hydroxylation sites is 1. The van der Waals surface area contributed by atoms with Gasteiger partial charge in [0.25, 0.3) is 0 Å². The molecule has 0 unspecified atom stereocenters. The van der Waals surface area contributed by atoms with Crippen LogP contribution in [0.5, 0.6) is 11.5 Å². The number of ether oxygens (including phenoxy) is 1. The number of pyridine rings is 2. The first-order chi connectivity index (χ1) is 26.6. The Morgan fingerprint density at radius 3 is 2.27 bits per heavy atom. The largest absolute Gasteiger partial charge is 0.509 e. The fourth-order valence-corrected chi connectivity index (χ4v) is 9.30. The van der Waals surface area contributed by atoms with E-state index in [9.17, 15) is 0 Å². The smallest absolute Gasteiger partial charge is 0.135 e. The SMILES string of the molecule is Cc1cc(C)c(N2[CH-]N(c3[c-]c(Oc4[c-]c5c(cc4)c4ccccc4n5-c4cc(C(C)(C)C)ccn4)cc4sc5ccccc5c34)c3cccnc32)c(C)c1.[Pt]. The summed E-state index contributed by atoms with van der Waals surface area (Å²) in [5, 5.41) is 4.54. The van der Waals surface area contributed by atoms with Gasteiger partial charge in [-0.05, 0) is 84.7 Å². The van der Waals surface area contributed by atoms with Crippen LogP contribution in [-0.4, -0.2) is 14.5 Å². The van der Waals surface area contributed by atoms with Gasteiger partial charge >= 0.3 is 0 Å². The zero-order valence-electron chi connectivity index (χ0n) is 31.9. The Kier molecular flexibility index (Phi) is 8.79. The fourth-order valence-electron chi connectivity index (χ4n) is 8.17. The average Bonchev–Trinajstić information content (AvgIpc) is 3.84. The molecular formula is C48H38N5OPtS-3. The first kappa shape index (κ1) is 36.2. The summed E-state index contributed by atoms with van der Waals surface area (Å²) in [6, 6.07) is 43.6. The van der Waals surface area contributed by atoms with Gasteiger partial charge in [0.05, 0.1) is 5.69 Å². The number of anilines is 4. The van der Waals surface area contributed by atoms with Gasteiger partial charge < -0.3 is 19.1 Å². The van der Waals surface area contributed by atoms with Gasteiger partial charge in [0.1, 0.15) is 11.6 Å². The van der Waals surface area contributed by atoms with E-state index in [0.717, 1.165) is 60.6 Å². The molecule has 10 rings (SSSR count). The van der Waals surface area contributed by atoms with Crippen LogP contribution in [0.25, 0.3) is 47.8 Å². The molecule has 0 spiro atoms. The molecule has 0 amide bonds. The number of hydrogen-bond donors (Lipinski definition) is 0. The number of benzene rings is 5. The molecule has 56 heavy (non-hydrogen) atoms. The van der Waals surface area contributed by atoms with E-state index in [1.54, 1.807) is 11.3 Å². The number of thiophene rings is 1. The first-order valence-corrected chi connectivity index (χ1v) is 19.4. The van der Waals surface area contributed by atoms with Gasteiger partial charge in [0.15, 0.2) is 0 Å². The normalized spacial score (nSPS) is 12.9. The Hall–Kier alpha value is -5.49. The molecule has 0 saturated heterocycles. The van der Waals surface area contributed by atoms with Gasteiger partial charge in [-0.1, -0.05) is 102 Å². The zero-order chi connectivity index (χ0) is 37.6. The van der Waals surface area contributed by atoms with Crippen molar-refractivity contribution in [2.24, 2.45) is 0 Å². The van der Waals surface area contributed by atoms with Crippen LogP contribution in [0, 0.1) is 39.6 Å². The first-order valence-electron chi connectivity index (χ1n) is 18.6. The van der Waals surface area contributed by atoms with Crippen molar-refractivity contribution in [1.82, 2.24) is 14.5 Å². The van der Waals surface area contributed by atoms with Crippen LogP contribution >= 0.6 is 11.3 Å². The quantitative estimate of drug-likeness (QED) is 0.161. The number of rotatable bonds is 5. The third-order valence-corrected chi connectivity index (χ3v) is 11.7. The van der Waals surface area contributed by atoms with Crippen LogP contribution in [-0.2, 0) is 26.5 Å². The van der Waals surface area contributed by atoms with Crippen LogP contribution < -0.4 is 14.5 Å². The van der Waals surface area contributed by atoms with E-state index in [4.69, 9.17) is 14.7 Å². The standard InChI is InChI=1S/C48H38N5OS.Pt/c1-29-22-30(2)46(31(3)23-29)52-28-51(39-15-11-20-50-47(39)52)41-26-34(27-43-45(41)37-13-8-10-16-42(37)55-43)54-33-17-18-36-35-12-7-9-14-38(35)53(40(36)25-33)44-24-32(19-21-49-44)48(4,5)6;/h7-24,27-28H,1-6H3;/q-3;. The molecule has 0 N–H and O–H groups in total. The number of aryl methyl sites for hydroxylation is 3. The molecule has 0 fully saturated rings. The molecule has 0 atom stereocenters. The molecule has 0 saturated carbocycles. The van der Waals surface area contributed by atoms with Crippen LogP contribution in [0.3, 0.4) is 0 Å². The Labute approximate surface area is 345 Å². The summed E-state index contributed by atoms with van der Waals surface area (Å²) in [5.74, 6) is 2.94. The summed E-state index contributed by atoms with van der Waals surface area (Å²) in [4.78, 5) is 14.2. The van der Waals surface area contributed by atoms with Gasteiger partial charge in [-0.15, -0.1) is 36.3 Å². The predicted molar refractivity (Wildman–Crippen MR) is 228 cm³/mol. The minimum absolute atomic E-state index is 0. The summed E-state index contributed by atoms with van der Waals surface area (Å²) >= 11 is 1.76. The Bertz CT molecular complexity index is 2970. The summed E-state index contributed by atoms with van der Waals surface area (Å²) in [5.41, 5.74) is 9.83.